The molecule has 2 N–H and O–H groups in total. The number of aromatic nitrogens is 2. The molecule has 0 saturated carbocycles. The van der Waals surface area contributed by atoms with E-state index in [0.29, 0.717) is 23.1 Å². The highest BCUT2D eigenvalue weighted by Crippen LogP contribution is 2.24. The van der Waals surface area contributed by atoms with E-state index in [1.165, 1.54) is 16.8 Å². The van der Waals surface area contributed by atoms with Gasteiger partial charge >= 0.3 is 0 Å². The van der Waals surface area contributed by atoms with Gasteiger partial charge < -0.3 is 19.9 Å². The number of imidazole rings is 1. The number of aryl methyl sites for hydroxylation is 2. The second-order valence-corrected chi connectivity index (χ2v) is 9.72. The topological polar surface area (TPSA) is 73.6 Å². The van der Waals surface area contributed by atoms with Crippen molar-refractivity contribution < 1.29 is 9.90 Å². The molecule has 1 aromatic heterocycles. The summed E-state index contributed by atoms with van der Waals surface area (Å²) >= 11 is 6.14. The van der Waals surface area contributed by atoms with E-state index in [0.717, 1.165) is 37.6 Å². The van der Waals surface area contributed by atoms with Gasteiger partial charge in [-0.15, -0.1) is 24.8 Å². The standard InChI is InChI=1S/C27H34ClN5O2.2ClH/c1-18-7-5-10-25(19(18)2)32-13-11-31(12-14-32)17-24(34)16-29-27(35)26-20(3)33(21(4)30-26)23-9-6-8-22(28)15-23;;/h5-10,15,24,34H,11-14,16-17H2,1-4H3,(H,29,35);2*1H. The quantitative estimate of drug-likeness (QED) is 0.439. The highest BCUT2D eigenvalue weighted by atomic mass is 35.5. The van der Waals surface area contributed by atoms with Crippen LogP contribution in [0.5, 0.6) is 0 Å². The molecular formula is C27H36Cl3N5O2. The molecule has 1 unspecified atom stereocenters. The van der Waals surface area contributed by atoms with Crippen LogP contribution in [0.15, 0.2) is 42.5 Å². The molecule has 7 nitrogen and oxygen atoms in total. The van der Waals surface area contributed by atoms with Gasteiger partial charge in [-0.25, -0.2) is 4.98 Å². The first-order valence-electron chi connectivity index (χ1n) is 12.1. The molecule has 202 valence electrons. The van der Waals surface area contributed by atoms with Crippen LogP contribution in [-0.4, -0.2) is 70.8 Å². The van der Waals surface area contributed by atoms with E-state index in [4.69, 9.17) is 11.6 Å². The smallest absolute Gasteiger partial charge is 0.271 e. The van der Waals surface area contributed by atoms with Crippen LogP contribution in [0.3, 0.4) is 0 Å². The monoisotopic (exact) mass is 567 g/mol. The van der Waals surface area contributed by atoms with Gasteiger partial charge in [-0.2, -0.15) is 0 Å². The minimum atomic E-state index is -0.650. The number of hydrogen-bond donors (Lipinski definition) is 2. The van der Waals surface area contributed by atoms with Crippen molar-refractivity contribution in [3.8, 4) is 5.69 Å². The molecule has 1 atom stereocenters. The summed E-state index contributed by atoms with van der Waals surface area (Å²) in [6.45, 7) is 12.3. The number of rotatable bonds is 7. The predicted molar refractivity (Wildman–Crippen MR) is 155 cm³/mol. The van der Waals surface area contributed by atoms with Gasteiger partial charge in [0.15, 0.2) is 0 Å². The summed E-state index contributed by atoms with van der Waals surface area (Å²) in [4.78, 5) is 22.0. The molecule has 10 heteroatoms. The van der Waals surface area contributed by atoms with Crippen molar-refractivity contribution in [2.75, 3.05) is 44.2 Å². The van der Waals surface area contributed by atoms with Crippen molar-refractivity contribution in [3.63, 3.8) is 0 Å². The normalized spacial score (nSPS) is 14.5. The van der Waals surface area contributed by atoms with Gasteiger partial charge in [0.1, 0.15) is 11.5 Å². The Morgan fingerprint density at radius 1 is 1.05 bits per heavy atom. The Hall–Kier alpha value is -2.29. The van der Waals surface area contributed by atoms with Crippen LogP contribution in [0, 0.1) is 27.7 Å². The molecule has 4 rings (SSSR count). The lowest BCUT2D eigenvalue weighted by Gasteiger charge is -2.37. The van der Waals surface area contributed by atoms with E-state index >= 15 is 0 Å². The van der Waals surface area contributed by atoms with Crippen molar-refractivity contribution in [2.45, 2.75) is 33.8 Å². The lowest BCUT2D eigenvalue weighted by Crippen LogP contribution is -2.50. The highest BCUT2D eigenvalue weighted by Gasteiger charge is 2.23. The number of halogens is 3. The number of hydrogen-bond acceptors (Lipinski definition) is 5. The number of β-amino-alcohol motifs (C(OH)–C–C–N with tert-alkyl or cyclic N) is 1. The summed E-state index contributed by atoms with van der Waals surface area (Å²) in [5, 5.41) is 14.1. The number of amides is 1. The fourth-order valence-corrected chi connectivity index (χ4v) is 4.94. The van der Waals surface area contributed by atoms with Crippen molar-refractivity contribution in [3.05, 3.63) is 75.8 Å². The Balaban J connectivity index is 0.00000241. The Labute approximate surface area is 236 Å². The van der Waals surface area contributed by atoms with Crippen molar-refractivity contribution in [1.29, 1.82) is 0 Å². The van der Waals surface area contributed by atoms with Crippen molar-refractivity contribution >= 4 is 48.0 Å². The number of nitrogens with zero attached hydrogens (tertiary/aromatic N) is 4. The third-order valence-electron chi connectivity index (χ3n) is 6.81. The molecule has 0 radical (unpaired) electrons. The van der Waals surface area contributed by atoms with Crippen LogP contribution < -0.4 is 10.2 Å². The predicted octanol–water partition coefficient (Wildman–Crippen LogP) is 4.52. The largest absolute Gasteiger partial charge is 0.390 e. The molecule has 3 aromatic rings. The maximum atomic E-state index is 12.8. The zero-order valence-corrected chi connectivity index (χ0v) is 24.1. The molecule has 2 aromatic carbocycles. The summed E-state index contributed by atoms with van der Waals surface area (Å²) < 4.78 is 1.91. The molecule has 1 fully saturated rings. The molecule has 0 spiro atoms. The van der Waals surface area contributed by atoms with Gasteiger partial charge in [0.25, 0.3) is 5.91 Å². The van der Waals surface area contributed by atoms with Crippen LogP contribution >= 0.6 is 36.4 Å². The van der Waals surface area contributed by atoms with E-state index in [-0.39, 0.29) is 37.3 Å². The second-order valence-electron chi connectivity index (χ2n) is 9.28. The number of nitrogens with one attached hydrogen (secondary N) is 1. The first-order chi connectivity index (χ1) is 16.7. The van der Waals surface area contributed by atoms with Crippen LogP contribution in [0.2, 0.25) is 5.02 Å². The average Bonchev–Trinajstić information content (AvgIpc) is 3.13. The Morgan fingerprint density at radius 2 is 1.73 bits per heavy atom. The maximum absolute atomic E-state index is 12.8. The van der Waals surface area contributed by atoms with Gasteiger partial charge in [0.2, 0.25) is 0 Å². The first kappa shape index (κ1) is 30.9. The molecule has 2 heterocycles. The number of carbonyl (C=O) groups excluding carboxylic acids is 1. The summed E-state index contributed by atoms with van der Waals surface area (Å²) in [6, 6.07) is 13.9. The van der Waals surface area contributed by atoms with Gasteiger partial charge in [-0.05, 0) is 63.1 Å². The Kier molecular flexibility index (Phi) is 11.3. The third kappa shape index (κ3) is 7.18. The van der Waals surface area contributed by atoms with E-state index in [9.17, 15) is 9.90 Å². The number of aliphatic hydroxyl groups is 1. The fourth-order valence-electron chi connectivity index (χ4n) is 4.76. The Morgan fingerprint density at radius 3 is 2.41 bits per heavy atom. The lowest BCUT2D eigenvalue weighted by atomic mass is 10.1. The summed E-state index contributed by atoms with van der Waals surface area (Å²) in [5.74, 6) is 0.419. The minimum absolute atomic E-state index is 0. The molecular weight excluding hydrogens is 533 g/mol. The zero-order valence-electron chi connectivity index (χ0n) is 21.7. The number of anilines is 1. The molecule has 1 saturated heterocycles. The fraction of sp³-hybridized carbons (Fsp3) is 0.407. The maximum Gasteiger partial charge on any atom is 0.271 e. The van der Waals surface area contributed by atoms with Crippen LogP contribution in [0.1, 0.15) is 33.1 Å². The van der Waals surface area contributed by atoms with Crippen LogP contribution in [-0.2, 0) is 0 Å². The average molecular weight is 569 g/mol. The van der Waals surface area contributed by atoms with Crippen molar-refractivity contribution in [1.82, 2.24) is 19.8 Å². The number of carbonyl (C=O) groups is 1. The molecule has 37 heavy (non-hydrogen) atoms. The third-order valence-corrected chi connectivity index (χ3v) is 7.05. The molecule has 0 aliphatic carbocycles. The van der Waals surface area contributed by atoms with E-state index in [2.05, 4.69) is 52.1 Å². The Bertz CT molecular complexity index is 1210. The van der Waals surface area contributed by atoms with E-state index in [1.54, 1.807) is 0 Å². The molecule has 0 bridgehead atoms. The highest BCUT2D eigenvalue weighted by molar-refractivity contribution is 6.30. The van der Waals surface area contributed by atoms with E-state index < -0.39 is 6.10 Å². The lowest BCUT2D eigenvalue weighted by molar-refractivity contribution is 0.0847. The SMILES string of the molecule is Cc1cccc(N2CCN(CC(O)CNC(=O)c3nc(C)n(-c4cccc(Cl)c4)c3C)CC2)c1C.Cl.Cl. The van der Waals surface area contributed by atoms with Gasteiger partial charge in [0, 0.05) is 55.7 Å². The minimum Gasteiger partial charge on any atom is -0.390 e. The molecule has 1 amide bonds. The van der Waals surface area contributed by atoms with E-state index in [1.807, 2.05) is 42.7 Å². The van der Waals surface area contributed by atoms with Crippen molar-refractivity contribution in [2.24, 2.45) is 0 Å². The second kappa shape index (κ2) is 13.5. The summed E-state index contributed by atoms with van der Waals surface area (Å²) in [5.41, 5.74) is 5.88. The van der Waals surface area contributed by atoms with Crippen LogP contribution in [0.25, 0.3) is 5.69 Å². The van der Waals surface area contributed by atoms with Crippen LogP contribution in [0.4, 0.5) is 5.69 Å². The van der Waals surface area contributed by atoms with Gasteiger partial charge in [-0.3, -0.25) is 9.69 Å². The molecule has 1 aliphatic rings. The number of benzene rings is 2. The number of aliphatic hydroxyl groups excluding tert-OH is 1. The zero-order chi connectivity index (χ0) is 25.1. The molecule has 1 aliphatic heterocycles. The first-order valence-corrected chi connectivity index (χ1v) is 12.4. The van der Waals surface area contributed by atoms with Gasteiger partial charge in [0.05, 0.1) is 11.8 Å². The summed E-state index contributed by atoms with van der Waals surface area (Å²) in [7, 11) is 0. The number of piperazine rings is 1. The van der Waals surface area contributed by atoms with Gasteiger partial charge in [-0.1, -0.05) is 29.8 Å². The summed E-state index contributed by atoms with van der Waals surface area (Å²) in [6.07, 6.45) is -0.650.